The fourth-order valence-electron chi connectivity index (χ4n) is 2.53. The molecule has 2 rings (SSSR count). The van der Waals surface area contributed by atoms with Gasteiger partial charge < -0.3 is 9.47 Å². The van der Waals surface area contributed by atoms with Gasteiger partial charge in [-0.05, 0) is 85.2 Å². The minimum absolute atomic E-state index is 0.226. The van der Waals surface area contributed by atoms with Crippen molar-refractivity contribution >= 4 is 39.9 Å². The number of esters is 1. The molecule has 148 valence electrons. The molecule has 27 heavy (non-hydrogen) atoms. The Balaban J connectivity index is 2.27. The molecule has 3 nitrogen and oxygen atoms in total. The van der Waals surface area contributed by atoms with Crippen molar-refractivity contribution in [1.82, 2.24) is 0 Å². The molecule has 0 radical (unpaired) electrons. The Bertz CT molecular complexity index is 779. The van der Waals surface area contributed by atoms with Gasteiger partial charge in [0.2, 0.25) is 0 Å². The van der Waals surface area contributed by atoms with Crippen LogP contribution in [0.5, 0.6) is 5.75 Å². The monoisotopic (exact) mass is 512 g/mol. The largest absolute Gasteiger partial charge is 0.485 e. The molecule has 0 aliphatic rings. The lowest BCUT2D eigenvalue weighted by molar-refractivity contribution is -0.139. The van der Waals surface area contributed by atoms with E-state index in [4.69, 9.17) is 9.47 Å². The van der Waals surface area contributed by atoms with E-state index in [0.29, 0.717) is 15.5 Å². The lowest BCUT2D eigenvalue weighted by Gasteiger charge is -2.20. The maximum absolute atomic E-state index is 12.8. The Labute approximate surface area is 174 Å². The highest BCUT2D eigenvalue weighted by Gasteiger charge is 2.30. The number of carbonyl (C=O) groups is 1. The van der Waals surface area contributed by atoms with Crippen LogP contribution in [0.4, 0.5) is 13.2 Å². The maximum Gasteiger partial charge on any atom is 0.389 e. The Morgan fingerprint density at radius 3 is 2.41 bits per heavy atom. The van der Waals surface area contributed by atoms with Crippen LogP contribution in [-0.2, 0) is 4.74 Å². The number of benzene rings is 1. The van der Waals surface area contributed by atoms with Crippen LogP contribution in [0.3, 0.4) is 0 Å². The highest BCUT2D eigenvalue weighted by atomic mass is 127. The highest BCUT2D eigenvalue weighted by Crippen LogP contribution is 2.35. The molecule has 1 unspecified atom stereocenters. The Morgan fingerprint density at radius 1 is 1.22 bits per heavy atom. The van der Waals surface area contributed by atoms with Crippen molar-refractivity contribution in [1.29, 1.82) is 0 Å². The van der Waals surface area contributed by atoms with Crippen LogP contribution >= 0.6 is 33.9 Å². The number of ether oxygens (including phenoxy) is 2. The first-order valence-corrected chi connectivity index (χ1v) is 10.3. The molecule has 0 spiro atoms. The Kier molecular flexibility index (Phi) is 7.55. The van der Waals surface area contributed by atoms with E-state index in [1.54, 1.807) is 19.1 Å². The van der Waals surface area contributed by atoms with Gasteiger partial charge in [0.25, 0.3) is 0 Å². The molecule has 0 aliphatic carbocycles. The number of thiophene rings is 1. The first kappa shape index (κ1) is 22.0. The summed E-state index contributed by atoms with van der Waals surface area (Å²) in [5.74, 6) is 0.0351. The van der Waals surface area contributed by atoms with Crippen LogP contribution < -0.4 is 4.74 Å². The molecule has 0 saturated carbocycles. The smallest absolute Gasteiger partial charge is 0.389 e. The number of aryl methyl sites for hydroxylation is 2. The van der Waals surface area contributed by atoms with Crippen molar-refractivity contribution in [2.45, 2.75) is 45.9 Å². The second-order valence-corrected chi connectivity index (χ2v) is 8.25. The van der Waals surface area contributed by atoms with E-state index in [1.165, 1.54) is 0 Å². The maximum atomic E-state index is 12.8. The van der Waals surface area contributed by atoms with Gasteiger partial charge in [0.05, 0.1) is 6.61 Å². The third-order valence-electron chi connectivity index (χ3n) is 3.80. The highest BCUT2D eigenvalue weighted by molar-refractivity contribution is 14.1. The van der Waals surface area contributed by atoms with Crippen molar-refractivity contribution in [2.75, 3.05) is 6.61 Å². The van der Waals surface area contributed by atoms with Gasteiger partial charge in [0.1, 0.15) is 16.7 Å². The van der Waals surface area contributed by atoms with Gasteiger partial charge in [-0.25, -0.2) is 4.79 Å². The third kappa shape index (κ3) is 6.38. The molecule has 1 heterocycles. The van der Waals surface area contributed by atoms with Crippen molar-refractivity contribution in [3.05, 3.63) is 48.7 Å². The Morgan fingerprint density at radius 2 is 1.85 bits per heavy atom. The molecule has 0 bridgehead atoms. The van der Waals surface area contributed by atoms with Crippen LogP contribution in [0.1, 0.15) is 51.5 Å². The van der Waals surface area contributed by atoms with E-state index in [0.717, 1.165) is 26.0 Å². The zero-order valence-corrected chi connectivity index (χ0v) is 18.1. The molecule has 1 aromatic heterocycles. The number of hydrogen-bond donors (Lipinski definition) is 0. The summed E-state index contributed by atoms with van der Waals surface area (Å²) in [4.78, 5) is 12.8. The summed E-state index contributed by atoms with van der Waals surface area (Å²) >= 11 is 3.32. The average molecular weight is 512 g/mol. The zero-order valence-electron chi connectivity index (χ0n) is 15.2. The second-order valence-electron chi connectivity index (χ2n) is 6.05. The van der Waals surface area contributed by atoms with E-state index in [1.807, 2.05) is 26.0 Å². The molecule has 0 aliphatic heterocycles. The van der Waals surface area contributed by atoms with E-state index in [9.17, 15) is 18.0 Å². The van der Waals surface area contributed by atoms with Gasteiger partial charge in [-0.2, -0.15) is 13.2 Å². The first-order chi connectivity index (χ1) is 12.6. The Hall–Kier alpha value is -1.29. The molecule has 2 aromatic rings. The summed E-state index contributed by atoms with van der Waals surface area (Å²) in [7, 11) is 0. The quantitative estimate of drug-likeness (QED) is 0.310. The number of alkyl halides is 3. The van der Waals surface area contributed by atoms with E-state index < -0.39 is 24.7 Å². The molecule has 0 N–H and O–H groups in total. The predicted octanol–water partition coefficient (Wildman–Crippen LogP) is 6.61. The predicted molar refractivity (Wildman–Crippen MR) is 108 cm³/mol. The normalized spacial score (nSPS) is 12.7. The first-order valence-electron chi connectivity index (χ1n) is 8.37. The lowest BCUT2D eigenvalue weighted by atomic mass is 10.1. The van der Waals surface area contributed by atoms with Gasteiger partial charge in [-0.15, -0.1) is 11.3 Å². The summed E-state index contributed by atoms with van der Waals surface area (Å²) in [5.41, 5.74) is 2.00. The number of carbonyl (C=O) groups excluding carboxylic acids is 1. The fraction of sp³-hybridized carbons (Fsp3) is 0.421. The standard InChI is InChI=1S/C19H20F3IO3S/c1-4-25-18(24)16-6-5-15(27-16)14(7-8-19(20,21)22)26-13-9-11(2)17(23)12(3)10-13/h5-6,9-10,14H,4,7-8H2,1-3H3. The molecular weight excluding hydrogens is 492 g/mol. The van der Waals surface area contributed by atoms with Crippen LogP contribution in [0.15, 0.2) is 24.3 Å². The lowest BCUT2D eigenvalue weighted by Crippen LogP contribution is -2.13. The molecule has 0 saturated heterocycles. The number of halogens is 4. The number of hydrogen-bond acceptors (Lipinski definition) is 4. The molecular formula is C19H20F3IO3S. The second kappa shape index (κ2) is 9.27. The molecule has 0 amide bonds. The third-order valence-corrected chi connectivity index (χ3v) is 6.66. The van der Waals surface area contributed by atoms with Crippen LogP contribution in [-0.4, -0.2) is 18.8 Å². The summed E-state index contributed by atoms with van der Waals surface area (Å²) in [5, 5.41) is 0. The van der Waals surface area contributed by atoms with Gasteiger partial charge in [0, 0.05) is 14.9 Å². The zero-order chi connectivity index (χ0) is 20.2. The van der Waals surface area contributed by atoms with E-state index in [-0.39, 0.29) is 13.0 Å². The molecule has 0 fully saturated rings. The minimum Gasteiger partial charge on any atom is -0.485 e. The summed E-state index contributed by atoms with van der Waals surface area (Å²) in [6.45, 7) is 5.79. The SMILES string of the molecule is CCOC(=O)c1ccc(C(CCC(F)(F)F)Oc2cc(C)c(I)c(C)c2)s1. The fourth-order valence-corrected chi connectivity index (χ4v) is 3.81. The van der Waals surface area contributed by atoms with Gasteiger partial charge in [-0.3, -0.25) is 0 Å². The molecule has 1 aromatic carbocycles. The van der Waals surface area contributed by atoms with Gasteiger partial charge >= 0.3 is 12.1 Å². The van der Waals surface area contributed by atoms with Gasteiger partial charge in [0.15, 0.2) is 0 Å². The van der Waals surface area contributed by atoms with Crippen LogP contribution in [0, 0.1) is 17.4 Å². The van der Waals surface area contributed by atoms with Crippen LogP contribution in [0.2, 0.25) is 0 Å². The van der Waals surface area contributed by atoms with Crippen molar-refractivity contribution < 1.29 is 27.4 Å². The van der Waals surface area contributed by atoms with Crippen molar-refractivity contribution in [2.24, 2.45) is 0 Å². The summed E-state index contributed by atoms with van der Waals surface area (Å²) in [6.07, 6.45) is -6.26. The van der Waals surface area contributed by atoms with Crippen LogP contribution in [0.25, 0.3) is 0 Å². The van der Waals surface area contributed by atoms with Crippen molar-refractivity contribution in [3.63, 3.8) is 0 Å². The topological polar surface area (TPSA) is 35.5 Å². The summed E-state index contributed by atoms with van der Waals surface area (Å²) < 4.78 is 50.2. The average Bonchev–Trinajstić information content (AvgIpc) is 3.05. The van der Waals surface area contributed by atoms with E-state index in [2.05, 4.69) is 22.6 Å². The summed E-state index contributed by atoms with van der Waals surface area (Å²) in [6, 6.07) is 6.82. The van der Waals surface area contributed by atoms with E-state index >= 15 is 0 Å². The molecule has 1 atom stereocenters. The van der Waals surface area contributed by atoms with Crippen molar-refractivity contribution in [3.8, 4) is 5.75 Å². The number of rotatable bonds is 7. The van der Waals surface area contributed by atoms with Gasteiger partial charge in [-0.1, -0.05) is 0 Å². The minimum atomic E-state index is -4.28. The molecule has 8 heteroatoms.